The molecule has 1 amide bonds. The van der Waals surface area contributed by atoms with E-state index in [4.69, 9.17) is 9.47 Å². The molecule has 106 valence electrons. The van der Waals surface area contributed by atoms with Gasteiger partial charge in [-0.2, -0.15) is 0 Å². The van der Waals surface area contributed by atoms with Gasteiger partial charge in [-0.25, -0.2) is 0 Å². The summed E-state index contributed by atoms with van der Waals surface area (Å²) in [5, 5.41) is 5.94. The summed E-state index contributed by atoms with van der Waals surface area (Å²) < 4.78 is 10.4. The number of benzene rings is 1. The van der Waals surface area contributed by atoms with Crippen molar-refractivity contribution in [3.8, 4) is 11.5 Å². The number of amides is 1. The van der Waals surface area contributed by atoms with Crippen molar-refractivity contribution in [3.63, 3.8) is 0 Å². The third-order valence-corrected chi connectivity index (χ3v) is 2.80. The first kappa shape index (κ1) is 15.3. The van der Waals surface area contributed by atoms with Crippen LogP contribution >= 0.6 is 0 Å². The average molecular weight is 266 g/mol. The zero-order valence-corrected chi connectivity index (χ0v) is 11.9. The number of rotatable bonds is 7. The first-order chi connectivity index (χ1) is 9.12. The molecule has 0 heterocycles. The summed E-state index contributed by atoms with van der Waals surface area (Å²) in [6.45, 7) is 4.98. The van der Waals surface area contributed by atoms with E-state index >= 15 is 0 Å². The molecule has 1 atom stereocenters. The van der Waals surface area contributed by atoms with E-state index in [9.17, 15) is 4.79 Å². The predicted molar refractivity (Wildman–Crippen MR) is 74.5 cm³/mol. The standard InChI is InChI=1S/C14H22N2O3/c1-5-15-14(17)10(2)16-9-11-6-7-12(18-3)13(8-11)19-4/h6-8,10,16H,5,9H2,1-4H3,(H,15,17). The lowest BCUT2D eigenvalue weighted by Gasteiger charge is -2.14. The Morgan fingerprint density at radius 1 is 1.26 bits per heavy atom. The van der Waals surface area contributed by atoms with Gasteiger partial charge in [-0.1, -0.05) is 6.07 Å². The molecule has 0 fully saturated rings. The third kappa shape index (κ3) is 4.44. The van der Waals surface area contributed by atoms with E-state index in [0.29, 0.717) is 24.6 Å². The fourth-order valence-electron chi connectivity index (χ4n) is 1.68. The summed E-state index contributed by atoms with van der Waals surface area (Å²) in [7, 11) is 3.21. The van der Waals surface area contributed by atoms with Crippen molar-refractivity contribution in [1.82, 2.24) is 10.6 Å². The van der Waals surface area contributed by atoms with Gasteiger partial charge in [-0.05, 0) is 31.5 Å². The van der Waals surface area contributed by atoms with Crippen molar-refractivity contribution < 1.29 is 14.3 Å². The molecule has 0 aliphatic rings. The van der Waals surface area contributed by atoms with E-state index in [1.165, 1.54) is 0 Å². The van der Waals surface area contributed by atoms with Crippen molar-refractivity contribution in [2.75, 3.05) is 20.8 Å². The van der Waals surface area contributed by atoms with Crippen molar-refractivity contribution in [3.05, 3.63) is 23.8 Å². The van der Waals surface area contributed by atoms with Crippen LogP contribution in [0, 0.1) is 0 Å². The van der Waals surface area contributed by atoms with E-state index < -0.39 is 0 Å². The predicted octanol–water partition coefficient (Wildman–Crippen LogP) is 1.32. The number of ether oxygens (including phenoxy) is 2. The summed E-state index contributed by atoms with van der Waals surface area (Å²) in [5.74, 6) is 1.39. The van der Waals surface area contributed by atoms with Gasteiger partial charge in [-0.15, -0.1) is 0 Å². The number of hydrogen-bond donors (Lipinski definition) is 2. The van der Waals surface area contributed by atoms with E-state index in [0.717, 1.165) is 5.56 Å². The Hall–Kier alpha value is -1.75. The third-order valence-electron chi connectivity index (χ3n) is 2.80. The van der Waals surface area contributed by atoms with Crippen LogP contribution in [-0.2, 0) is 11.3 Å². The van der Waals surface area contributed by atoms with Gasteiger partial charge in [-0.3, -0.25) is 4.79 Å². The van der Waals surface area contributed by atoms with Crippen molar-refractivity contribution in [1.29, 1.82) is 0 Å². The molecule has 1 rings (SSSR count). The monoisotopic (exact) mass is 266 g/mol. The Balaban J connectivity index is 2.60. The van der Waals surface area contributed by atoms with Crippen LogP contribution in [0.3, 0.4) is 0 Å². The number of hydrogen-bond acceptors (Lipinski definition) is 4. The summed E-state index contributed by atoms with van der Waals surface area (Å²) in [6.07, 6.45) is 0. The van der Waals surface area contributed by atoms with Gasteiger partial charge in [0.1, 0.15) is 0 Å². The maximum absolute atomic E-state index is 11.6. The Morgan fingerprint density at radius 3 is 2.53 bits per heavy atom. The van der Waals surface area contributed by atoms with Gasteiger partial charge in [0, 0.05) is 13.1 Å². The van der Waals surface area contributed by atoms with Crippen molar-refractivity contribution >= 4 is 5.91 Å². The van der Waals surface area contributed by atoms with E-state index in [1.54, 1.807) is 14.2 Å². The second kappa shape index (κ2) is 7.63. The zero-order chi connectivity index (χ0) is 14.3. The molecule has 0 saturated heterocycles. The fraction of sp³-hybridized carbons (Fsp3) is 0.500. The second-order valence-corrected chi connectivity index (χ2v) is 4.19. The summed E-state index contributed by atoms with van der Waals surface area (Å²) in [4.78, 5) is 11.6. The highest BCUT2D eigenvalue weighted by Gasteiger charge is 2.11. The molecular weight excluding hydrogens is 244 g/mol. The van der Waals surface area contributed by atoms with Crippen LogP contribution in [0.1, 0.15) is 19.4 Å². The molecule has 0 aliphatic carbocycles. The van der Waals surface area contributed by atoms with Crippen LogP contribution in [0.2, 0.25) is 0 Å². The highest BCUT2D eigenvalue weighted by Crippen LogP contribution is 2.27. The molecule has 2 N–H and O–H groups in total. The van der Waals surface area contributed by atoms with Crippen LogP contribution in [0.15, 0.2) is 18.2 Å². The lowest BCUT2D eigenvalue weighted by Crippen LogP contribution is -2.41. The Morgan fingerprint density at radius 2 is 1.95 bits per heavy atom. The molecule has 0 radical (unpaired) electrons. The minimum absolute atomic E-state index is 0.00276. The molecule has 0 aliphatic heterocycles. The quantitative estimate of drug-likeness (QED) is 0.781. The lowest BCUT2D eigenvalue weighted by atomic mass is 10.2. The van der Waals surface area contributed by atoms with Crippen LogP contribution < -0.4 is 20.1 Å². The van der Waals surface area contributed by atoms with Gasteiger partial charge in [0.2, 0.25) is 5.91 Å². The maximum atomic E-state index is 11.6. The Labute approximate surface area is 114 Å². The summed E-state index contributed by atoms with van der Waals surface area (Å²) in [5.41, 5.74) is 1.04. The SMILES string of the molecule is CCNC(=O)C(C)NCc1ccc(OC)c(OC)c1. The Kier molecular flexibility index (Phi) is 6.15. The molecule has 1 aromatic carbocycles. The second-order valence-electron chi connectivity index (χ2n) is 4.19. The smallest absolute Gasteiger partial charge is 0.236 e. The molecular formula is C14H22N2O3. The number of carbonyl (C=O) groups is 1. The van der Waals surface area contributed by atoms with E-state index in [2.05, 4.69) is 10.6 Å². The van der Waals surface area contributed by atoms with Crippen LogP contribution in [0.5, 0.6) is 11.5 Å². The molecule has 5 heteroatoms. The molecule has 19 heavy (non-hydrogen) atoms. The molecule has 0 bridgehead atoms. The largest absolute Gasteiger partial charge is 0.493 e. The number of methoxy groups -OCH3 is 2. The number of carbonyl (C=O) groups excluding carboxylic acids is 1. The molecule has 5 nitrogen and oxygen atoms in total. The molecule has 0 aromatic heterocycles. The van der Waals surface area contributed by atoms with Gasteiger partial charge in [0.25, 0.3) is 0 Å². The average Bonchev–Trinajstić information content (AvgIpc) is 2.44. The first-order valence-electron chi connectivity index (χ1n) is 6.34. The van der Waals surface area contributed by atoms with Gasteiger partial charge in [0.15, 0.2) is 11.5 Å². The fourth-order valence-corrected chi connectivity index (χ4v) is 1.68. The zero-order valence-electron chi connectivity index (χ0n) is 11.9. The summed E-state index contributed by atoms with van der Waals surface area (Å²) >= 11 is 0. The molecule has 1 aromatic rings. The Bertz CT molecular complexity index is 421. The van der Waals surface area contributed by atoms with E-state index in [-0.39, 0.29) is 11.9 Å². The van der Waals surface area contributed by atoms with Gasteiger partial charge in [0.05, 0.1) is 20.3 Å². The lowest BCUT2D eigenvalue weighted by molar-refractivity contribution is -0.122. The molecule has 1 unspecified atom stereocenters. The maximum Gasteiger partial charge on any atom is 0.236 e. The number of nitrogens with one attached hydrogen (secondary N) is 2. The molecule has 0 spiro atoms. The van der Waals surface area contributed by atoms with E-state index in [1.807, 2.05) is 32.0 Å². The normalized spacial score (nSPS) is 11.8. The highest BCUT2D eigenvalue weighted by molar-refractivity contribution is 5.81. The highest BCUT2D eigenvalue weighted by atomic mass is 16.5. The van der Waals surface area contributed by atoms with Crippen molar-refractivity contribution in [2.45, 2.75) is 26.4 Å². The van der Waals surface area contributed by atoms with Gasteiger partial charge >= 0.3 is 0 Å². The van der Waals surface area contributed by atoms with Crippen LogP contribution in [0.4, 0.5) is 0 Å². The van der Waals surface area contributed by atoms with Crippen LogP contribution in [-0.4, -0.2) is 32.7 Å². The summed E-state index contributed by atoms with van der Waals surface area (Å²) in [6, 6.07) is 5.47. The minimum Gasteiger partial charge on any atom is -0.493 e. The number of likely N-dealkylation sites (N-methyl/N-ethyl adjacent to an activating group) is 1. The molecule has 0 saturated carbocycles. The van der Waals surface area contributed by atoms with Gasteiger partial charge < -0.3 is 20.1 Å². The minimum atomic E-state index is -0.229. The van der Waals surface area contributed by atoms with Crippen molar-refractivity contribution in [2.24, 2.45) is 0 Å². The first-order valence-corrected chi connectivity index (χ1v) is 6.34. The topological polar surface area (TPSA) is 59.6 Å². The van der Waals surface area contributed by atoms with Crippen LogP contribution in [0.25, 0.3) is 0 Å².